The number of pyridine rings is 1. The Morgan fingerprint density at radius 3 is 2.48 bits per heavy atom. The first kappa shape index (κ1) is 34.3. The van der Waals surface area contributed by atoms with Gasteiger partial charge in [-0.05, 0) is 88.1 Å². The van der Waals surface area contributed by atoms with Gasteiger partial charge in [-0.2, -0.15) is 5.26 Å². The topological polar surface area (TPSA) is 153 Å². The number of aliphatic carboxylic acids is 1. The summed E-state index contributed by atoms with van der Waals surface area (Å²) in [6.45, 7) is 7.53. The van der Waals surface area contributed by atoms with Crippen LogP contribution in [0.2, 0.25) is 0 Å². The minimum atomic E-state index is -1.11. The normalized spacial score (nSPS) is 17.9. The largest absolute Gasteiger partial charge is 0.481 e. The van der Waals surface area contributed by atoms with E-state index in [4.69, 9.17) is 10.00 Å². The molecule has 1 aromatic carbocycles. The molecular weight excluding hydrogens is 593 g/mol. The van der Waals surface area contributed by atoms with Crippen molar-refractivity contribution in [3.8, 4) is 17.2 Å². The molecule has 2 aromatic rings. The van der Waals surface area contributed by atoms with Gasteiger partial charge in [0, 0.05) is 50.6 Å². The van der Waals surface area contributed by atoms with Crippen LogP contribution in [0.1, 0.15) is 82.9 Å². The molecule has 46 heavy (non-hydrogen) atoms. The zero-order valence-electron chi connectivity index (χ0n) is 26.6. The van der Waals surface area contributed by atoms with Crippen molar-refractivity contribution < 1.29 is 33.4 Å². The fourth-order valence-corrected chi connectivity index (χ4v) is 5.94. The molecule has 2 aliphatic rings. The summed E-state index contributed by atoms with van der Waals surface area (Å²) in [5.41, 5.74) is 0.776. The molecule has 3 amide bonds. The van der Waals surface area contributed by atoms with Crippen molar-refractivity contribution in [1.82, 2.24) is 20.1 Å². The first-order valence-corrected chi connectivity index (χ1v) is 15.8. The molecule has 4 rings (SSSR count). The van der Waals surface area contributed by atoms with Gasteiger partial charge >= 0.3 is 12.1 Å². The number of benzene rings is 1. The highest BCUT2D eigenvalue weighted by Gasteiger charge is 2.32. The second-order valence-electron chi connectivity index (χ2n) is 13.1. The molecule has 2 aliphatic heterocycles. The number of aromatic nitrogens is 1. The number of piperidine rings is 2. The minimum absolute atomic E-state index is 0.0132. The van der Waals surface area contributed by atoms with Gasteiger partial charge in [-0.25, -0.2) is 9.18 Å². The highest BCUT2D eigenvalue weighted by molar-refractivity contribution is 5.82. The molecule has 0 bridgehead atoms. The number of likely N-dealkylation sites (tertiary alicyclic amines) is 2. The number of carbonyl (C=O) groups is 4. The molecule has 0 aliphatic carbocycles. The Kier molecular flexibility index (Phi) is 11.3. The number of amides is 3. The van der Waals surface area contributed by atoms with Crippen molar-refractivity contribution in [2.75, 3.05) is 26.2 Å². The third kappa shape index (κ3) is 9.49. The number of ether oxygens (including phenoxy) is 1. The van der Waals surface area contributed by atoms with E-state index in [1.54, 1.807) is 28.0 Å². The van der Waals surface area contributed by atoms with Crippen LogP contribution in [0.3, 0.4) is 0 Å². The van der Waals surface area contributed by atoms with Crippen molar-refractivity contribution in [3.63, 3.8) is 0 Å². The van der Waals surface area contributed by atoms with E-state index >= 15 is 0 Å². The number of hydrogen-bond acceptors (Lipinski definition) is 7. The molecule has 0 radical (unpaired) electrons. The van der Waals surface area contributed by atoms with E-state index in [1.165, 1.54) is 24.5 Å². The van der Waals surface area contributed by atoms with Gasteiger partial charge in [-0.15, -0.1) is 0 Å². The third-order valence-corrected chi connectivity index (χ3v) is 8.46. The highest BCUT2D eigenvalue weighted by Crippen LogP contribution is 2.28. The van der Waals surface area contributed by atoms with E-state index < -0.39 is 29.3 Å². The van der Waals surface area contributed by atoms with Crippen molar-refractivity contribution in [3.05, 3.63) is 53.6 Å². The van der Waals surface area contributed by atoms with Gasteiger partial charge in [-0.3, -0.25) is 19.4 Å². The van der Waals surface area contributed by atoms with Gasteiger partial charge < -0.3 is 25.0 Å². The summed E-state index contributed by atoms with van der Waals surface area (Å²) in [5.74, 6) is -2.31. The molecule has 246 valence electrons. The van der Waals surface area contributed by atoms with Crippen LogP contribution >= 0.6 is 0 Å². The lowest BCUT2D eigenvalue weighted by Gasteiger charge is -2.35. The summed E-state index contributed by atoms with van der Waals surface area (Å²) in [7, 11) is 0. The molecule has 12 heteroatoms. The maximum atomic E-state index is 14.2. The van der Waals surface area contributed by atoms with E-state index in [1.807, 2.05) is 20.8 Å². The van der Waals surface area contributed by atoms with Crippen molar-refractivity contribution >= 4 is 23.9 Å². The van der Waals surface area contributed by atoms with Gasteiger partial charge in [0.25, 0.3) is 0 Å². The van der Waals surface area contributed by atoms with E-state index in [9.17, 15) is 28.7 Å². The average Bonchev–Trinajstić information content (AvgIpc) is 3.02. The van der Waals surface area contributed by atoms with Gasteiger partial charge in [-0.1, -0.05) is 6.07 Å². The molecule has 3 heterocycles. The summed E-state index contributed by atoms with van der Waals surface area (Å²) in [6, 6.07) is 6.69. The fourth-order valence-electron chi connectivity index (χ4n) is 5.94. The molecule has 0 saturated carbocycles. The number of nitrogens with one attached hydrogen (secondary N) is 1. The van der Waals surface area contributed by atoms with Gasteiger partial charge in [0.15, 0.2) is 0 Å². The number of nitrogens with zero attached hydrogens (tertiary/aromatic N) is 4. The number of carboxylic acids is 1. The van der Waals surface area contributed by atoms with Crippen LogP contribution in [0, 0.1) is 29.0 Å². The second kappa shape index (κ2) is 15.2. The smallest absolute Gasteiger partial charge is 0.410 e. The first-order valence-electron chi connectivity index (χ1n) is 15.8. The molecule has 2 unspecified atom stereocenters. The summed E-state index contributed by atoms with van der Waals surface area (Å²) in [4.78, 5) is 58.2. The Morgan fingerprint density at radius 1 is 1.09 bits per heavy atom. The summed E-state index contributed by atoms with van der Waals surface area (Å²) < 4.78 is 19.7. The number of carboxylic acid groups (broad SMARTS) is 1. The molecular formula is C34H42FN5O6. The first-order chi connectivity index (χ1) is 21.8. The van der Waals surface area contributed by atoms with Crippen molar-refractivity contribution in [2.45, 2.75) is 77.4 Å². The molecule has 2 saturated heterocycles. The number of rotatable bonds is 9. The van der Waals surface area contributed by atoms with Crippen molar-refractivity contribution in [2.24, 2.45) is 11.8 Å². The Morgan fingerprint density at radius 2 is 1.83 bits per heavy atom. The lowest BCUT2D eigenvalue weighted by Crippen LogP contribution is -2.46. The molecule has 11 nitrogen and oxygen atoms in total. The van der Waals surface area contributed by atoms with Crippen LogP contribution < -0.4 is 5.32 Å². The predicted octanol–water partition coefficient (Wildman–Crippen LogP) is 5.06. The van der Waals surface area contributed by atoms with Crippen LogP contribution in [0.25, 0.3) is 11.1 Å². The van der Waals surface area contributed by atoms with E-state index in [2.05, 4.69) is 10.3 Å². The highest BCUT2D eigenvalue weighted by atomic mass is 19.1. The van der Waals surface area contributed by atoms with Crippen LogP contribution in [0.15, 0.2) is 36.7 Å². The van der Waals surface area contributed by atoms with Crippen LogP contribution in [-0.2, 0) is 19.1 Å². The molecule has 1 aromatic heterocycles. The van der Waals surface area contributed by atoms with Crippen LogP contribution in [-0.4, -0.2) is 75.5 Å². The minimum Gasteiger partial charge on any atom is -0.481 e. The SMILES string of the molecule is CC(C)(C)OC(=O)N1CCC(CCC(=O)N2CCCC(C(=O)NC(CC(=O)O)c3cncc(-c4ccc(C#N)c(F)c4)c3)C2)CC1. The van der Waals surface area contributed by atoms with Gasteiger partial charge in [0.1, 0.15) is 17.5 Å². The second-order valence-corrected chi connectivity index (χ2v) is 13.1. The van der Waals surface area contributed by atoms with E-state index in [0.29, 0.717) is 67.9 Å². The molecule has 2 fully saturated rings. The number of hydrogen-bond donors (Lipinski definition) is 2. The average molecular weight is 636 g/mol. The monoisotopic (exact) mass is 635 g/mol. The Bertz CT molecular complexity index is 1480. The standard InChI is InChI=1S/C34H42FN5O6/c1-34(2,3)46-33(45)39-13-10-22(11-14-39)6-9-30(41)40-12-4-5-25(21-40)32(44)38-29(17-31(42)43)27-15-26(19-37-20-27)23-7-8-24(18-36)28(35)16-23/h7-8,15-16,19-20,22,25,29H,4-6,9-14,17,21H2,1-3H3,(H,38,44)(H,42,43). The maximum Gasteiger partial charge on any atom is 0.410 e. The summed E-state index contributed by atoms with van der Waals surface area (Å²) >= 11 is 0. The van der Waals surface area contributed by atoms with Crippen molar-refractivity contribution in [1.29, 1.82) is 5.26 Å². The zero-order chi connectivity index (χ0) is 33.4. The quantitative estimate of drug-likeness (QED) is 0.388. The van der Waals surface area contributed by atoms with Crippen LogP contribution in [0.4, 0.5) is 9.18 Å². The number of nitriles is 1. The molecule has 0 spiro atoms. The molecule has 2 atom stereocenters. The van der Waals surface area contributed by atoms with E-state index in [-0.39, 0.29) is 36.4 Å². The lowest BCUT2D eigenvalue weighted by atomic mass is 9.91. The predicted molar refractivity (Wildman–Crippen MR) is 167 cm³/mol. The lowest BCUT2D eigenvalue weighted by molar-refractivity contribution is -0.138. The summed E-state index contributed by atoms with van der Waals surface area (Å²) in [5, 5.41) is 21.5. The maximum absolute atomic E-state index is 14.2. The number of halogens is 1. The third-order valence-electron chi connectivity index (χ3n) is 8.46. The van der Waals surface area contributed by atoms with Gasteiger partial charge in [0.2, 0.25) is 11.8 Å². The zero-order valence-corrected chi connectivity index (χ0v) is 26.6. The van der Waals surface area contributed by atoms with E-state index in [0.717, 1.165) is 12.8 Å². The Labute approximate surface area is 268 Å². The van der Waals surface area contributed by atoms with Gasteiger partial charge in [0.05, 0.1) is 23.9 Å². The molecule has 2 N–H and O–H groups in total. The Balaban J connectivity index is 1.32. The van der Waals surface area contributed by atoms with Crippen LogP contribution in [0.5, 0.6) is 0 Å². The Hall–Kier alpha value is -4.53. The fraction of sp³-hybridized carbons (Fsp3) is 0.529. The number of carbonyl (C=O) groups excluding carboxylic acids is 3. The summed E-state index contributed by atoms with van der Waals surface area (Å²) in [6.07, 6.45) is 6.17.